The lowest BCUT2D eigenvalue weighted by atomic mass is 10.4. The van der Waals surface area contributed by atoms with Crippen LogP contribution in [0.3, 0.4) is 0 Å². The molecule has 0 spiro atoms. The molecule has 0 aliphatic heterocycles. The van der Waals surface area contributed by atoms with E-state index in [1.54, 1.807) is 13.1 Å². The van der Waals surface area contributed by atoms with Crippen LogP contribution in [0.15, 0.2) is 12.1 Å². The summed E-state index contributed by atoms with van der Waals surface area (Å²) in [5.74, 6) is -0.274. The number of hydrogen-bond acceptors (Lipinski definition) is 4. The number of carbonyl (C=O) groups is 1. The van der Waals surface area contributed by atoms with Crippen LogP contribution in [0, 0.1) is 0 Å². The minimum atomic E-state index is -2.53. The lowest BCUT2D eigenvalue weighted by Crippen LogP contribution is -2.41. The van der Waals surface area contributed by atoms with E-state index in [0.717, 1.165) is 4.88 Å². The zero-order valence-corrected chi connectivity index (χ0v) is 12.6. The van der Waals surface area contributed by atoms with E-state index in [2.05, 4.69) is 0 Å². The molecule has 0 saturated heterocycles. The monoisotopic (exact) mass is 326 g/mol. The van der Waals surface area contributed by atoms with E-state index >= 15 is 0 Å². The highest BCUT2D eigenvalue weighted by atomic mass is 35.5. The van der Waals surface area contributed by atoms with E-state index in [0.29, 0.717) is 10.9 Å². The summed E-state index contributed by atoms with van der Waals surface area (Å²) < 4.78 is 25.3. The van der Waals surface area contributed by atoms with E-state index in [9.17, 15) is 13.6 Å². The van der Waals surface area contributed by atoms with Gasteiger partial charge in [0, 0.05) is 18.5 Å². The first-order valence-electron chi connectivity index (χ1n) is 6.02. The Morgan fingerprint density at radius 1 is 1.50 bits per heavy atom. The largest absolute Gasteiger partial charge is 0.395 e. The standard InChI is InChI=1S/C12H17ClF2N2O2S/c1-16(6-9-2-3-10(13)20-9)12(19)8-17(4-5-18)7-11(14)15/h2-3,11,18H,4-8H2,1H3. The molecule has 0 bridgehead atoms. The number of aliphatic hydroxyl groups is 1. The molecule has 1 heterocycles. The number of nitrogens with zero attached hydrogens (tertiary/aromatic N) is 2. The Morgan fingerprint density at radius 3 is 2.70 bits per heavy atom. The molecule has 1 aromatic rings. The average Bonchev–Trinajstić information content (AvgIpc) is 2.74. The fourth-order valence-electron chi connectivity index (χ4n) is 1.64. The number of carbonyl (C=O) groups excluding carboxylic acids is 1. The van der Waals surface area contributed by atoms with Crippen molar-refractivity contribution in [1.29, 1.82) is 0 Å². The fourth-order valence-corrected chi connectivity index (χ4v) is 2.78. The number of amides is 1. The maximum Gasteiger partial charge on any atom is 0.251 e. The maximum absolute atomic E-state index is 12.3. The van der Waals surface area contributed by atoms with Gasteiger partial charge in [-0.15, -0.1) is 11.3 Å². The third kappa shape index (κ3) is 6.13. The molecule has 0 aliphatic carbocycles. The van der Waals surface area contributed by atoms with Gasteiger partial charge in [0.05, 0.1) is 30.6 Å². The van der Waals surface area contributed by atoms with Gasteiger partial charge in [-0.3, -0.25) is 9.69 Å². The molecule has 4 nitrogen and oxygen atoms in total. The molecule has 1 rings (SSSR count). The summed E-state index contributed by atoms with van der Waals surface area (Å²) in [7, 11) is 1.61. The molecular formula is C12H17ClF2N2O2S. The first-order chi connectivity index (χ1) is 9.42. The van der Waals surface area contributed by atoms with Crippen molar-refractivity contribution >= 4 is 28.8 Å². The minimum Gasteiger partial charge on any atom is -0.395 e. The van der Waals surface area contributed by atoms with Crippen LogP contribution in [0.25, 0.3) is 0 Å². The molecule has 8 heteroatoms. The predicted octanol–water partition coefficient (Wildman–Crippen LogP) is 1.92. The van der Waals surface area contributed by atoms with E-state index in [1.165, 1.54) is 21.1 Å². The van der Waals surface area contributed by atoms with Crippen molar-refractivity contribution in [2.75, 3.05) is 33.3 Å². The number of alkyl halides is 2. The molecular weight excluding hydrogens is 310 g/mol. The Balaban J connectivity index is 2.50. The summed E-state index contributed by atoms with van der Waals surface area (Å²) in [5.41, 5.74) is 0. The predicted molar refractivity (Wildman–Crippen MR) is 75.3 cm³/mol. The van der Waals surface area contributed by atoms with Crippen LogP contribution in [-0.4, -0.2) is 60.5 Å². The van der Waals surface area contributed by atoms with Crippen LogP contribution >= 0.6 is 22.9 Å². The number of likely N-dealkylation sites (N-methyl/N-ethyl adjacent to an activating group) is 1. The van der Waals surface area contributed by atoms with Crippen molar-refractivity contribution in [3.63, 3.8) is 0 Å². The molecule has 0 saturated carbocycles. The van der Waals surface area contributed by atoms with Gasteiger partial charge in [-0.25, -0.2) is 8.78 Å². The molecule has 0 aromatic carbocycles. The Bertz CT molecular complexity index is 431. The highest BCUT2D eigenvalue weighted by Crippen LogP contribution is 2.22. The molecule has 0 radical (unpaired) electrons. The van der Waals surface area contributed by atoms with Gasteiger partial charge in [-0.2, -0.15) is 0 Å². The molecule has 20 heavy (non-hydrogen) atoms. The second kappa shape index (κ2) is 8.51. The molecule has 0 unspecified atom stereocenters. The quantitative estimate of drug-likeness (QED) is 0.794. The van der Waals surface area contributed by atoms with Gasteiger partial charge >= 0.3 is 0 Å². The lowest BCUT2D eigenvalue weighted by molar-refractivity contribution is -0.132. The van der Waals surface area contributed by atoms with Crippen molar-refractivity contribution in [3.8, 4) is 0 Å². The van der Waals surface area contributed by atoms with E-state index in [-0.39, 0.29) is 25.6 Å². The third-order valence-electron chi connectivity index (χ3n) is 2.62. The van der Waals surface area contributed by atoms with Crippen molar-refractivity contribution < 1.29 is 18.7 Å². The van der Waals surface area contributed by atoms with Crippen LogP contribution in [0.1, 0.15) is 4.88 Å². The molecule has 1 amide bonds. The summed E-state index contributed by atoms with van der Waals surface area (Å²) >= 11 is 7.17. The Kier molecular flexibility index (Phi) is 7.36. The fraction of sp³-hybridized carbons (Fsp3) is 0.583. The highest BCUT2D eigenvalue weighted by Gasteiger charge is 2.18. The Morgan fingerprint density at radius 2 is 2.20 bits per heavy atom. The van der Waals surface area contributed by atoms with Gasteiger partial charge in [0.25, 0.3) is 6.43 Å². The molecule has 1 N–H and O–H groups in total. The molecule has 1 aromatic heterocycles. The number of rotatable bonds is 8. The number of aliphatic hydroxyl groups excluding tert-OH is 1. The number of hydrogen-bond donors (Lipinski definition) is 1. The number of thiophene rings is 1. The van der Waals surface area contributed by atoms with E-state index < -0.39 is 13.0 Å². The summed E-state index contributed by atoms with van der Waals surface area (Å²) in [6, 6.07) is 3.57. The zero-order chi connectivity index (χ0) is 15.1. The Labute approximate surface area is 125 Å². The first-order valence-corrected chi connectivity index (χ1v) is 7.21. The van der Waals surface area contributed by atoms with Gasteiger partial charge in [-0.05, 0) is 12.1 Å². The van der Waals surface area contributed by atoms with Crippen molar-refractivity contribution in [2.24, 2.45) is 0 Å². The molecule has 0 fully saturated rings. The second-order valence-electron chi connectivity index (χ2n) is 4.31. The summed E-state index contributed by atoms with van der Waals surface area (Å²) in [6.45, 7) is -0.484. The van der Waals surface area contributed by atoms with Gasteiger partial charge in [0.1, 0.15) is 0 Å². The molecule has 114 valence electrons. The highest BCUT2D eigenvalue weighted by molar-refractivity contribution is 7.16. The first kappa shape index (κ1) is 17.3. The smallest absolute Gasteiger partial charge is 0.251 e. The van der Waals surface area contributed by atoms with Crippen LogP contribution in [-0.2, 0) is 11.3 Å². The van der Waals surface area contributed by atoms with Crippen LogP contribution < -0.4 is 0 Å². The zero-order valence-electron chi connectivity index (χ0n) is 11.1. The third-order valence-corrected chi connectivity index (χ3v) is 3.83. The maximum atomic E-state index is 12.3. The minimum absolute atomic E-state index is 0.0503. The van der Waals surface area contributed by atoms with Gasteiger partial charge < -0.3 is 10.0 Å². The SMILES string of the molecule is CN(Cc1ccc(Cl)s1)C(=O)CN(CCO)CC(F)F. The van der Waals surface area contributed by atoms with Gasteiger partial charge in [0.2, 0.25) is 5.91 Å². The van der Waals surface area contributed by atoms with Gasteiger partial charge in [-0.1, -0.05) is 11.6 Å². The molecule has 0 aliphatic rings. The summed E-state index contributed by atoms with van der Waals surface area (Å²) in [5, 5.41) is 8.81. The van der Waals surface area contributed by atoms with Crippen molar-refractivity contribution in [2.45, 2.75) is 13.0 Å². The van der Waals surface area contributed by atoms with Gasteiger partial charge in [0.15, 0.2) is 0 Å². The Hall–Kier alpha value is -0.760. The van der Waals surface area contributed by atoms with E-state index in [4.69, 9.17) is 16.7 Å². The van der Waals surface area contributed by atoms with Crippen molar-refractivity contribution in [1.82, 2.24) is 9.80 Å². The normalized spacial score (nSPS) is 11.3. The van der Waals surface area contributed by atoms with Crippen LogP contribution in [0.4, 0.5) is 8.78 Å². The average molecular weight is 327 g/mol. The second-order valence-corrected chi connectivity index (χ2v) is 6.11. The summed E-state index contributed by atoms with van der Waals surface area (Å²) in [4.78, 5) is 15.6. The number of halogens is 3. The van der Waals surface area contributed by atoms with Crippen molar-refractivity contribution in [3.05, 3.63) is 21.3 Å². The van der Waals surface area contributed by atoms with Crippen LogP contribution in [0.5, 0.6) is 0 Å². The lowest BCUT2D eigenvalue weighted by Gasteiger charge is -2.23. The summed E-state index contributed by atoms with van der Waals surface area (Å²) in [6.07, 6.45) is -2.53. The van der Waals surface area contributed by atoms with Crippen LogP contribution in [0.2, 0.25) is 4.34 Å². The topological polar surface area (TPSA) is 43.8 Å². The molecule has 0 atom stereocenters. The van der Waals surface area contributed by atoms with E-state index in [1.807, 2.05) is 6.07 Å².